The minimum atomic E-state index is -0.662. The van der Waals surface area contributed by atoms with Crippen LogP contribution in [-0.2, 0) is 9.53 Å². The highest BCUT2D eigenvalue weighted by atomic mass is 35.5. The summed E-state index contributed by atoms with van der Waals surface area (Å²) >= 11 is 7.46. The second-order valence-corrected chi connectivity index (χ2v) is 10.8. The summed E-state index contributed by atoms with van der Waals surface area (Å²) in [7, 11) is 0. The van der Waals surface area contributed by atoms with E-state index in [0.717, 1.165) is 28.2 Å². The summed E-state index contributed by atoms with van der Waals surface area (Å²) in [6.07, 6.45) is 1.92. The van der Waals surface area contributed by atoms with Crippen LogP contribution in [0.15, 0.2) is 75.7 Å². The lowest BCUT2D eigenvalue weighted by Crippen LogP contribution is -2.39. The number of rotatable bonds is 5. The second kappa shape index (κ2) is 10.2. The van der Waals surface area contributed by atoms with Gasteiger partial charge in [-0.25, -0.2) is 9.79 Å². The molecule has 0 saturated carbocycles. The van der Waals surface area contributed by atoms with Crippen molar-refractivity contribution in [1.29, 1.82) is 0 Å². The predicted octanol–water partition coefficient (Wildman–Crippen LogP) is 5.17. The zero-order valence-corrected chi connectivity index (χ0v) is 23.5. The van der Waals surface area contributed by atoms with Gasteiger partial charge in [0.1, 0.15) is 0 Å². The maximum atomic E-state index is 13.9. The molecule has 38 heavy (non-hydrogen) atoms. The Kier molecular flexibility index (Phi) is 6.99. The fourth-order valence-corrected chi connectivity index (χ4v) is 6.08. The molecular formula is C30H28ClN3O3S. The number of esters is 1. The third kappa shape index (κ3) is 4.57. The SMILES string of the molecule is CCOC(=O)C1=C(C)N=c2s/c(=C\c3cc(C)n(-c4ccc(C)cc4)c3C)c(=O)n2[C@@H]1c1ccc(Cl)cc1. The Hall–Kier alpha value is -3.68. The van der Waals surface area contributed by atoms with E-state index in [0.29, 0.717) is 25.6 Å². The molecule has 4 aromatic rings. The molecule has 0 N–H and O–H groups in total. The lowest BCUT2D eigenvalue weighted by molar-refractivity contribution is -0.139. The standard InChI is InChI=1S/C30H28ClN3O3S/c1-6-37-29(36)26-19(4)32-30-34(27(26)21-9-11-23(31)12-10-21)28(35)25(38-30)16-22-15-18(3)33(20(22)5)24-13-7-17(2)8-14-24/h7-16,27H,6H2,1-5H3/b25-16-/t27-/m1/s1. The summed E-state index contributed by atoms with van der Waals surface area (Å²) in [6, 6.07) is 17.0. The maximum absolute atomic E-state index is 13.9. The Morgan fingerprint density at radius 3 is 2.42 bits per heavy atom. The molecule has 0 bridgehead atoms. The minimum absolute atomic E-state index is 0.205. The normalized spacial score (nSPS) is 15.4. The lowest BCUT2D eigenvalue weighted by Gasteiger charge is -2.24. The van der Waals surface area contributed by atoms with Crippen molar-refractivity contribution >= 4 is 35.0 Å². The van der Waals surface area contributed by atoms with Gasteiger partial charge in [-0.05, 0) is 82.2 Å². The van der Waals surface area contributed by atoms with E-state index in [1.54, 1.807) is 30.5 Å². The van der Waals surface area contributed by atoms with E-state index in [-0.39, 0.29) is 12.2 Å². The number of fused-ring (bicyclic) bond motifs is 1. The molecule has 0 fully saturated rings. The third-order valence-corrected chi connectivity index (χ3v) is 7.99. The molecule has 1 aliphatic rings. The van der Waals surface area contributed by atoms with E-state index in [4.69, 9.17) is 16.3 Å². The Labute approximate surface area is 229 Å². The van der Waals surface area contributed by atoms with Gasteiger partial charge in [0.05, 0.1) is 28.5 Å². The van der Waals surface area contributed by atoms with Gasteiger partial charge in [0.15, 0.2) is 4.80 Å². The van der Waals surface area contributed by atoms with E-state index in [1.807, 2.05) is 18.2 Å². The van der Waals surface area contributed by atoms with Crippen molar-refractivity contribution in [2.45, 2.75) is 40.7 Å². The van der Waals surface area contributed by atoms with Crippen molar-refractivity contribution in [2.75, 3.05) is 6.61 Å². The van der Waals surface area contributed by atoms with Crippen molar-refractivity contribution in [1.82, 2.24) is 9.13 Å². The zero-order chi connectivity index (χ0) is 27.1. The number of allylic oxidation sites excluding steroid dienone is 1. The van der Waals surface area contributed by atoms with E-state index in [2.05, 4.69) is 60.7 Å². The van der Waals surface area contributed by atoms with Gasteiger partial charge in [-0.2, -0.15) is 0 Å². The van der Waals surface area contributed by atoms with Gasteiger partial charge in [-0.3, -0.25) is 9.36 Å². The molecule has 0 spiro atoms. The molecule has 0 saturated heterocycles. The van der Waals surface area contributed by atoms with Crippen LogP contribution in [0.25, 0.3) is 11.8 Å². The average Bonchev–Trinajstić information content (AvgIpc) is 3.34. The highest BCUT2D eigenvalue weighted by Gasteiger charge is 2.33. The molecule has 8 heteroatoms. The molecular weight excluding hydrogens is 518 g/mol. The van der Waals surface area contributed by atoms with E-state index >= 15 is 0 Å². The summed E-state index contributed by atoms with van der Waals surface area (Å²) in [5.74, 6) is -0.482. The average molecular weight is 546 g/mol. The first kappa shape index (κ1) is 25.9. The molecule has 5 rings (SSSR count). The van der Waals surface area contributed by atoms with Gasteiger partial charge in [-0.15, -0.1) is 0 Å². The Balaban J connectivity index is 1.68. The maximum Gasteiger partial charge on any atom is 0.338 e. The molecule has 2 aromatic heterocycles. The van der Waals surface area contributed by atoms with Gasteiger partial charge < -0.3 is 9.30 Å². The molecule has 3 heterocycles. The van der Waals surface area contributed by atoms with Crippen molar-refractivity contribution in [3.05, 3.63) is 119 Å². The molecule has 1 aliphatic heterocycles. The molecule has 2 aromatic carbocycles. The van der Waals surface area contributed by atoms with Crippen LogP contribution in [0.5, 0.6) is 0 Å². The number of hydrogen-bond donors (Lipinski definition) is 0. The molecule has 1 atom stereocenters. The van der Waals surface area contributed by atoms with E-state index in [1.165, 1.54) is 16.9 Å². The van der Waals surface area contributed by atoms with Gasteiger partial charge in [0.2, 0.25) is 0 Å². The fourth-order valence-electron chi connectivity index (χ4n) is 4.92. The molecule has 0 amide bonds. The van der Waals surface area contributed by atoms with Crippen LogP contribution in [0, 0.1) is 20.8 Å². The number of hydrogen-bond acceptors (Lipinski definition) is 5. The van der Waals surface area contributed by atoms with Crippen molar-refractivity contribution < 1.29 is 9.53 Å². The fraction of sp³-hybridized carbons (Fsp3) is 0.233. The number of carbonyl (C=O) groups is 1. The van der Waals surface area contributed by atoms with Gasteiger partial charge >= 0.3 is 5.97 Å². The number of benzene rings is 2. The minimum Gasteiger partial charge on any atom is -0.463 e. The van der Waals surface area contributed by atoms with Gasteiger partial charge in [0, 0.05) is 22.1 Å². The van der Waals surface area contributed by atoms with Crippen LogP contribution in [0.4, 0.5) is 0 Å². The Morgan fingerprint density at radius 1 is 1.08 bits per heavy atom. The summed E-state index contributed by atoms with van der Waals surface area (Å²) in [5.41, 5.74) is 6.78. The van der Waals surface area contributed by atoms with E-state index in [9.17, 15) is 9.59 Å². The topological polar surface area (TPSA) is 65.6 Å². The van der Waals surface area contributed by atoms with Crippen LogP contribution in [-0.4, -0.2) is 21.7 Å². The number of aryl methyl sites for hydroxylation is 2. The first-order valence-electron chi connectivity index (χ1n) is 12.4. The first-order valence-corrected chi connectivity index (χ1v) is 13.6. The summed E-state index contributed by atoms with van der Waals surface area (Å²) in [6.45, 7) is 9.94. The van der Waals surface area contributed by atoms with Crippen molar-refractivity contribution in [3.8, 4) is 5.69 Å². The predicted molar refractivity (Wildman–Crippen MR) is 152 cm³/mol. The highest BCUT2D eigenvalue weighted by molar-refractivity contribution is 7.07. The van der Waals surface area contributed by atoms with Gasteiger partial charge in [-0.1, -0.05) is 52.8 Å². The molecule has 0 unspecified atom stereocenters. The smallest absolute Gasteiger partial charge is 0.338 e. The van der Waals surface area contributed by atoms with E-state index < -0.39 is 12.0 Å². The summed E-state index contributed by atoms with van der Waals surface area (Å²) < 4.78 is 9.68. The van der Waals surface area contributed by atoms with Crippen LogP contribution >= 0.6 is 22.9 Å². The largest absolute Gasteiger partial charge is 0.463 e. The number of thiazole rings is 1. The number of ether oxygens (including phenoxy) is 1. The number of carbonyl (C=O) groups excluding carboxylic acids is 1. The van der Waals surface area contributed by atoms with Crippen LogP contribution < -0.4 is 14.9 Å². The summed E-state index contributed by atoms with van der Waals surface area (Å²) in [4.78, 5) is 32.1. The summed E-state index contributed by atoms with van der Waals surface area (Å²) in [5, 5.41) is 0.573. The second-order valence-electron chi connectivity index (χ2n) is 9.35. The molecule has 0 radical (unpaired) electrons. The first-order chi connectivity index (χ1) is 18.2. The molecule has 0 aliphatic carbocycles. The van der Waals surface area contributed by atoms with Crippen LogP contribution in [0.3, 0.4) is 0 Å². The quantitative estimate of drug-likeness (QED) is 0.325. The number of nitrogens with zero attached hydrogens (tertiary/aromatic N) is 3. The van der Waals surface area contributed by atoms with Gasteiger partial charge in [0.25, 0.3) is 5.56 Å². The molecule has 6 nitrogen and oxygen atoms in total. The monoisotopic (exact) mass is 545 g/mol. The Morgan fingerprint density at radius 2 is 1.76 bits per heavy atom. The number of aromatic nitrogens is 2. The van der Waals surface area contributed by atoms with Crippen LogP contribution in [0.2, 0.25) is 5.02 Å². The van der Waals surface area contributed by atoms with Crippen molar-refractivity contribution in [2.24, 2.45) is 4.99 Å². The third-order valence-electron chi connectivity index (χ3n) is 6.75. The molecule has 194 valence electrons. The lowest BCUT2D eigenvalue weighted by atomic mass is 9.96. The Bertz CT molecular complexity index is 1760. The zero-order valence-electron chi connectivity index (χ0n) is 21.9. The van der Waals surface area contributed by atoms with Crippen molar-refractivity contribution in [3.63, 3.8) is 0 Å². The number of halogens is 1. The van der Waals surface area contributed by atoms with Crippen LogP contribution in [0.1, 0.15) is 48.0 Å². The highest BCUT2D eigenvalue weighted by Crippen LogP contribution is 2.31.